The van der Waals surface area contributed by atoms with Gasteiger partial charge in [-0.15, -0.1) is 0 Å². The van der Waals surface area contributed by atoms with Crippen molar-refractivity contribution in [3.8, 4) is 5.75 Å². The molecule has 2 aromatic rings. The second-order valence-electron chi connectivity index (χ2n) is 3.38. The van der Waals surface area contributed by atoms with Gasteiger partial charge < -0.3 is 5.11 Å². The molecule has 0 bridgehead atoms. The maximum absolute atomic E-state index is 11.1. The van der Waals surface area contributed by atoms with Crippen LogP contribution in [0.3, 0.4) is 0 Å². The van der Waals surface area contributed by atoms with Crippen molar-refractivity contribution < 1.29 is 5.11 Å². The molecule has 1 aromatic heterocycles. The van der Waals surface area contributed by atoms with E-state index >= 15 is 0 Å². The number of aromatic nitrogens is 2. The largest absolute Gasteiger partial charge is 0.508 e. The van der Waals surface area contributed by atoms with E-state index < -0.39 is 0 Å². The van der Waals surface area contributed by atoms with Gasteiger partial charge in [0.05, 0.1) is 10.2 Å². The van der Waals surface area contributed by atoms with Crippen LogP contribution in [-0.4, -0.2) is 15.3 Å². The lowest BCUT2D eigenvalue weighted by molar-refractivity contribution is 0.474. The van der Waals surface area contributed by atoms with E-state index in [1.165, 1.54) is 0 Å². The quantitative estimate of drug-likeness (QED) is 0.882. The van der Waals surface area contributed by atoms with Crippen LogP contribution in [0.5, 0.6) is 5.75 Å². The van der Waals surface area contributed by atoms with Gasteiger partial charge in [0.25, 0.3) is 5.56 Å². The minimum atomic E-state index is -0.250. The van der Waals surface area contributed by atoms with Crippen molar-refractivity contribution in [2.24, 2.45) is 0 Å². The molecule has 0 saturated carbocycles. The molecule has 1 aromatic carbocycles. The van der Waals surface area contributed by atoms with Crippen LogP contribution < -0.4 is 5.56 Å². The fourth-order valence-corrected chi connectivity index (χ4v) is 1.74. The SMILES string of the molecule is O=c1[nH]nc(Cc2cccc(O)c2)cc1Br. The lowest BCUT2D eigenvalue weighted by Gasteiger charge is -2.01. The summed E-state index contributed by atoms with van der Waals surface area (Å²) < 4.78 is 0.456. The van der Waals surface area contributed by atoms with Gasteiger partial charge >= 0.3 is 0 Å². The van der Waals surface area contributed by atoms with Gasteiger partial charge in [0.15, 0.2) is 0 Å². The molecule has 0 fully saturated rings. The summed E-state index contributed by atoms with van der Waals surface area (Å²) in [4.78, 5) is 11.1. The lowest BCUT2D eigenvalue weighted by Crippen LogP contribution is -2.10. The molecule has 1 heterocycles. The van der Waals surface area contributed by atoms with Crippen LogP contribution in [0.15, 0.2) is 39.6 Å². The van der Waals surface area contributed by atoms with Crippen molar-refractivity contribution in [1.82, 2.24) is 10.2 Å². The second-order valence-corrected chi connectivity index (χ2v) is 4.24. The Morgan fingerprint density at radius 3 is 2.88 bits per heavy atom. The van der Waals surface area contributed by atoms with Crippen LogP contribution in [-0.2, 0) is 6.42 Å². The zero-order chi connectivity index (χ0) is 11.5. The summed E-state index contributed by atoms with van der Waals surface area (Å²) in [6.07, 6.45) is 0.559. The summed E-state index contributed by atoms with van der Waals surface area (Å²) >= 11 is 3.14. The highest BCUT2D eigenvalue weighted by Gasteiger charge is 2.02. The second kappa shape index (κ2) is 4.49. The van der Waals surface area contributed by atoms with Gasteiger partial charge in [0.2, 0.25) is 0 Å². The number of benzene rings is 1. The third-order valence-corrected chi connectivity index (χ3v) is 2.70. The van der Waals surface area contributed by atoms with Crippen LogP contribution in [0, 0.1) is 0 Å². The number of hydrogen-bond acceptors (Lipinski definition) is 3. The van der Waals surface area contributed by atoms with Gasteiger partial charge in [-0.25, -0.2) is 5.10 Å². The van der Waals surface area contributed by atoms with E-state index in [9.17, 15) is 9.90 Å². The summed E-state index contributed by atoms with van der Waals surface area (Å²) in [7, 11) is 0. The lowest BCUT2D eigenvalue weighted by atomic mass is 10.1. The Morgan fingerprint density at radius 2 is 2.19 bits per heavy atom. The Bertz CT molecular complexity index is 566. The van der Waals surface area contributed by atoms with Crippen molar-refractivity contribution in [2.45, 2.75) is 6.42 Å². The van der Waals surface area contributed by atoms with E-state index in [0.29, 0.717) is 10.9 Å². The molecule has 0 unspecified atom stereocenters. The Morgan fingerprint density at radius 1 is 1.38 bits per heavy atom. The molecule has 0 saturated heterocycles. The summed E-state index contributed by atoms with van der Waals surface area (Å²) in [5, 5.41) is 15.6. The molecule has 0 spiro atoms. The zero-order valence-corrected chi connectivity index (χ0v) is 9.86. The fourth-order valence-electron chi connectivity index (χ4n) is 1.39. The van der Waals surface area contributed by atoms with Gasteiger partial charge in [-0.1, -0.05) is 12.1 Å². The van der Waals surface area contributed by atoms with Crippen molar-refractivity contribution in [3.63, 3.8) is 0 Å². The van der Waals surface area contributed by atoms with Gasteiger partial charge in [-0.3, -0.25) is 4.79 Å². The molecule has 4 nitrogen and oxygen atoms in total. The summed E-state index contributed by atoms with van der Waals surface area (Å²) in [5.74, 6) is 0.223. The normalized spacial score (nSPS) is 10.3. The third-order valence-electron chi connectivity index (χ3n) is 2.11. The number of nitrogens with zero attached hydrogens (tertiary/aromatic N) is 1. The molecule has 0 amide bonds. The van der Waals surface area contributed by atoms with Crippen molar-refractivity contribution in [1.29, 1.82) is 0 Å². The van der Waals surface area contributed by atoms with Gasteiger partial charge in [-0.2, -0.15) is 5.10 Å². The number of nitrogens with one attached hydrogen (secondary N) is 1. The molecule has 0 radical (unpaired) electrons. The monoisotopic (exact) mass is 280 g/mol. The first kappa shape index (κ1) is 10.9. The number of hydrogen-bond donors (Lipinski definition) is 2. The Labute approximate surface area is 100 Å². The number of phenolic OH excluding ortho intramolecular Hbond substituents is 1. The third kappa shape index (κ3) is 2.49. The molecule has 2 N–H and O–H groups in total. The van der Waals surface area contributed by atoms with E-state index in [0.717, 1.165) is 11.3 Å². The molecular weight excluding hydrogens is 272 g/mol. The molecule has 0 aliphatic carbocycles. The fraction of sp³-hybridized carbons (Fsp3) is 0.0909. The number of aromatic amines is 1. The first-order chi connectivity index (χ1) is 7.65. The molecular formula is C11H9BrN2O2. The van der Waals surface area contributed by atoms with Crippen molar-refractivity contribution in [2.75, 3.05) is 0 Å². The van der Waals surface area contributed by atoms with Crippen LogP contribution in [0.4, 0.5) is 0 Å². The van der Waals surface area contributed by atoms with Crippen LogP contribution in [0.2, 0.25) is 0 Å². The van der Waals surface area contributed by atoms with Crippen LogP contribution in [0.25, 0.3) is 0 Å². The van der Waals surface area contributed by atoms with Crippen molar-refractivity contribution >= 4 is 15.9 Å². The topological polar surface area (TPSA) is 66.0 Å². The minimum absolute atomic E-state index is 0.223. The highest BCUT2D eigenvalue weighted by molar-refractivity contribution is 9.10. The van der Waals surface area contributed by atoms with E-state index in [1.807, 2.05) is 6.07 Å². The maximum atomic E-state index is 11.1. The molecule has 0 atom stereocenters. The zero-order valence-electron chi connectivity index (χ0n) is 8.27. The molecule has 0 aliphatic heterocycles. The average molecular weight is 281 g/mol. The van der Waals surface area contributed by atoms with E-state index in [4.69, 9.17) is 0 Å². The first-order valence-corrected chi connectivity index (χ1v) is 5.46. The van der Waals surface area contributed by atoms with Crippen molar-refractivity contribution in [3.05, 3.63) is 56.4 Å². The van der Waals surface area contributed by atoms with Gasteiger partial charge in [0, 0.05) is 6.42 Å². The number of halogens is 1. The Balaban J connectivity index is 2.27. The Hall–Kier alpha value is -1.62. The minimum Gasteiger partial charge on any atom is -0.508 e. The van der Waals surface area contributed by atoms with Gasteiger partial charge in [0.1, 0.15) is 5.75 Å². The summed E-state index contributed by atoms with van der Waals surface area (Å²) in [6.45, 7) is 0. The van der Waals surface area contributed by atoms with E-state index in [1.54, 1.807) is 24.3 Å². The predicted octanol–water partition coefficient (Wildman–Crippen LogP) is 1.83. The molecule has 2 rings (SSSR count). The smallest absolute Gasteiger partial charge is 0.278 e. The highest BCUT2D eigenvalue weighted by atomic mass is 79.9. The predicted molar refractivity (Wildman–Crippen MR) is 63.5 cm³/mol. The van der Waals surface area contributed by atoms with E-state index in [2.05, 4.69) is 26.1 Å². The van der Waals surface area contributed by atoms with Crippen LogP contribution >= 0.6 is 15.9 Å². The number of aromatic hydroxyl groups is 1. The summed E-state index contributed by atoms with van der Waals surface area (Å²) in [5.41, 5.74) is 1.42. The molecule has 16 heavy (non-hydrogen) atoms. The average Bonchev–Trinajstić information content (AvgIpc) is 2.24. The highest BCUT2D eigenvalue weighted by Crippen LogP contribution is 2.14. The number of phenols is 1. The van der Waals surface area contributed by atoms with Crippen LogP contribution in [0.1, 0.15) is 11.3 Å². The molecule has 82 valence electrons. The number of rotatable bonds is 2. The molecule has 0 aliphatic rings. The Kier molecular flexibility index (Phi) is 3.05. The maximum Gasteiger partial charge on any atom is 0.278 e. The van der Waals surface area contributed by atoms with E-state index in [-0.39, 0.29) is 11.3 Å². The first-order valence-electron chi connectivity index (χ1n) is 4.67. The molecule has 5 heteroatoms. The summed E-state index contributed by atoms with van der Waals surface area (Å²) in [6, 6.07) is 8.61. The standard InChI is InChI=1S/C11H9BrN2O2/c12-10-6-8(13-14-11(10)16)4-7-2-1-3-9(15)5-7/h1-3,5-6,15H,4H2,(H,14,16). The number of H-pyrrole nitrogens is 1. The van der Waals surface area contributed by atoms with Gasteiger partial charge in [-0.05, 0) is 39.7 Å².